The van der Waals surface area contributed by atoms with Crippen molar-refractivity contribution in [3.05, 3.63) is 144 Å². The Morgan fingerprint density at radius 3 is 1.66 bits per heavy atom. The minimum Gasteiger partial charge on any atom is -0.373 e. The second-order valence-corrected chi connectivity index (χ2v) is 8.98. The number of hydrogen-bond acceptors (Lipinski definition) is 3. The van der Waals surface area contributed by atoms with Crippen LogP contribution < -0.4 is 0 Å². The van der Waals surface area contributed by atoms with Crippen LogP contribution in [0.3, 0.4) is 0 Å². The van der Waals surface area contributed by atoms with E-state index in [1.54, 1.807) is 0 Å². The van der Waals surface area contributed by atoms with Crippen molar-refractivity contribution in [3.8, 4) is 0 Å². The summed E-state index contributed by atoms with van der Waals surface area (Å²) in [5.74, 6) is 0. The predicted molar refractivity (Wildman–Crippen MR) is 139 cm³/mol. The molecule has 4 aromatic carbocycles. The van der Waals surface area contributed by atoms with E-state index < -0.39 is 5.60 Å². The third kappa shape index (κ3) is 5.38. The zero-order valence-corrected chi connectivity index (χ0v) is 20.0. The molecule has 35 heavy (non-hydrogen) atoms. The Morgan fingerprint density at radius 1 is 0.657 bits per heavy atom. The van der Waals surface area contributed by atoms with Crippen LogP contribution in [0, 0.1) is 0 Å². The minimum absolute atomic E-state index is 0.0102. The highest BCUT2D eigenvalue weighted by Gasteiger charge is 2.39. The molecule has 3 heteroatoms. The van der Waals surface area contributed by atoms with Gasteiger partial charge in [-0.3, -0.25) is 0 Å². The second-order valence-electron chi connectivity index (χ2n) is 8.98. The lowest BCUT2D eigenvalue weighted by molar-refractivity contribution is -0.150. The van der Waals surface area contributed by atoms with Crippen molar-refractivity contribution >= 4 is 0 Å². The van der Waals surface area contributed by atoms with Gasteiger partial charge in [-0.05, 0) is 35.1 Å². The van der Waals surface area contributed by atoms with Crippen molar-refractivity contribution in [1.29, 1.82) is 0 Å². The third-order valence-electron chi connectivity index (χ3n) is 6.69. The molecule has 1 aliphatic rings. The van der Waals surface area contributed by atoms with Crippen LogP contribution >= 0.6 is 0 Å². The fraction of sp³-hybridized carbons (Fsp3) is 0.250. The average Bonchev–Trinajstić information content (AvgIpc) is 2.95. The summed E-state index contributed by atoms with van der Waals surface area (Å²) < 4.78 is 19.6. The van der Waals surface area contributed by atoms with Crippen molar-refractivity contribution in [3.63, 3.8) is 0 Å². The van der Waals surface area contributed by atoms with Crippen molar-refractivity contribution < 1.29 is 14.2 Å². The summed E-state index contributed by atoms with van der Waals surface area (Å²) in [6.07, 6.45) is 1.82. The maximum atomic E-state index is 7.00. The fourth-order valence-electron chi connectivity index (χ4n) is 4.91. The minimum atomic E-state index is -0.755. The van der Waals surface area contributed by atoms with Crippen LogP contribution in [0.2, 0.25) is 0 Å². The Morgan fingerprint density at radius 2 is 1.14 bits per heavy atom. The van der Waals surface area contributed by atoms with Gasteiger partial charge in [0.25, 0.3) is 0 Å². The van der Waals surface area contributed by atoms with Gasteiger partial charge in [-0.15, -0.1) is 0 Å². The first-order chi connectivity index (χ1) is 17.4. The average molecular weight is 465 g/mol. The number of hydrogen-bond donors (Lipinski definition) is 0. The Balaban J connectivity index is 1.45. The van der Waals surface area contributed by atoms with Crippen LogP contribution in [0.15, 0.2) is 121 Å². The smallest absolute Gasteiger partial charge is 0.143 e. The van der Waals surface area contributed by atoms with Gasteiger partial charge < -0.3 is 14.2 Å². The van der Waals surface area contributed by atoms with E-state index in [0.29, 0.717) is 13.2 Å². The number of benzene rings is 4. The number of rotatable bonds is 9. The van der Waals surface area contributed by atoms with E-state index in [2.05, 4.69) is 84.9 Å². The molecular formula is C32H32O3. The molecule has 1 aliphatic heterocycles. The van der Waals surface area contributed by atoms with E-state index in [1.807, 2.05) is 36.4 Å². The van der Waals surface area contributed by atoms with Gasteiger partial charge in [0.05, 0.1) is 19.3 Å². The first kappa shape index (κ1) is 23.5. The molecule has 5 rings (SSSR count). The molecule has 0 unspecified atom stereocenters. The molecule has 0 radical (unpaired) electrons. The van der Waals surface area contributed by atoms with Crippen LogP contribution in [0.25, 0.3) is 0 Å². The van der Waals surface area contributed by atoms with Crippen molar-refractivity contribution in [2.75, 3.05) is 13.2 Å². The van der Waals surface area contributed by atoms with Gasteiger partial charge in [-0.25, -0.2) is 0 Å². The maximum Gasteiger partial charge on any atom is 0.143 e. The Hall–Kier alpha value is -3.24. The molecule has 2 atom stereocenters. The molecule has 0 aliphatic carbocycles. The summed E-state index contributed by atoms with van der Waals surface area (Å²) in [7, 11) is 0. The van der Waals surface area contributed by atoms with Gasteiger partial charge in [0.15, 0.2) is 0 Å². The van der Waals surface area contributed by atoms with E-state index in [9.17, 15) is 0 Å². The van der Waals surface area contributed by atoms with E-state index in [-0.39, 0.29) is 12.2 Å². The van der Waals surface area contributed by atoms with E-state index >= 15 is 0 Å². The molecule has 178 valence electrons. The largest absolute Gasteiger partial charge is 0.373 e. The topological polar surface area (TPSA) is 27.7 Å². The quantitative estimate of drug-likeness (QED) is 0.256. The molecule has 0 N–H and O–H groups in total. The molecule has 1 heterocycles. The molecule has 4 aromatic rings. The normalized spacial score (nSPS) is 18.3. The van der Waals surface area contributed by atoms with Gasteiger partial charge in [0, 0.05) is 6.61 Å². The van der Waals surface area contributed by atoms with E-state index in [1.165, 1.54) is 5.56 Å². The van der Waals surface area contributed by atoms with Crippen molar-refractivity contribution in [2.24, 2.45) is 0 Å². The molecule has 0 amide bonds. The zero-order chi connectivity index (χ0) is 23.8. The van der Waals surface area contributed by atoms with Crippen LogP contribution in [-0.4, -0.2) is 25.4 Å². The standard InChI is InChI=1S/C32H32O3/c1-5-14-26(15-6-1)24-34-30-22-13-23-33-31(30)25-35-32(27-16-7-2-8-17-27,28-18-9-3-10-19-28)29-20-11-4-12-21-29/h1-12,14-21,30-31H,13,22-25H2/t30-,31+/m1/s1. The summed E-state index contributed by atoms with van der Waals surface area (Å²) in [5.41, 5.74) is 3.69. The van der Waals surface area contributed by atoms with Crippen molar-refractivity contribution in [2.45, 2.75) is 37.3 Å². The summed E-state index contributed by atoms with van der Waals surface area (Å²) in [5, 5.41) is 0. The highest BCUT2D eigenvalue weighted by Crippen LogP contribution is 2.41. The molecule has 0 saturated carbocycles. The lowest BCUT2D eigenvalue weighted by Crippen LogP contribution is -2.43. The SMILES string of the molecule is c1ccc(CO[C@@H]2CCCO[C@H]2COC(c2ccccc2)(c2ccccc2)c2ccccc2)cc1. The lowest BCUT2D eigenvalue weighted by Gasteiger charge is -2.39. The molecule has 0 spiro atoms. The zero-order valence-electron chi connectivity index (χ0n) is 20.0. The Bertz CT molecular complexity index is 1050. The summed E-state index contributed by atoms with van der Waals surface area (Å²) in [6.45, 7) is 1.74. The molecule has 1 saturated heterocycles. The van der Waals surface area contributed by atoms with Crippen LogP contribution in [0.4, 0.5) is 0 Å². The van der Waals surface area contributed by atoms with E-state index in [0.717, 1.165) is 36.1 Å². The molecule has 0 bridgehead atoms. The lowest BCUT2D eigenvalue weighted by atomic mass is 9.80. The summed E-state index contributed by atoms with van der Waals surface area (Å²) in [4.78, 5) is 0. The van der Waals surface area contributed by atoms with Crippen molar-refractivity contribution in [1.82, 2.24) is 0 Å². The molecule has 3 nitrogen and oxygen atoms in total. The van der Waals surface area contributed by atoms with Gasteiger partial charge in [0.2, 0.25) is 0 Å². The highest BCUT2D eigenvalue weighted by atomic mass is 16.6. The van der Waals surface area contributed by atoms with Crippen LogP contribution in [0.1, 0.15) is 35.1 Å². The van der Waals surface area contributed by atoms with Crippen LogP contribution in [0.5, 0.6) is 0 Å². The third-order valence-corrected chi connectivity index (χ3v) is 6.69. The fourth-order valence-corrected chi connectivity index (χ4v) is 4.91. The second kappa shape index (κ2) is 11.5. The maximum absolute atomic E-state index is 7.00. The molecular weight excluding hydrogens is 432 g/mol. The van der Waals surface area contributed by atoms with Gasteiger partial charge in [-0.1, -0.05) is 121 Å². The monoisotopic (exact) mass is 464 g/mol. The van der Waals surface area contributed by atoms with E-state index in [4.69, 9.17) is 14.2 Å². The van der Waals surface area contributed by atoms with Crippen LogP contribution in [-0.2, 0) is 26.4 Å². The number of ether oxygens (including phenoxy) is 3. The van der Waals surface area contributed by atoms with Gasteiger partial charge >= 0.3 is 0 Å². The first-order valence-electron chi connectivity index (χ1n) is 12.4. The van der Waals surface area contributed by atoms with Gasteiger partial charge in [-0.2, -0.15) is 0 Å². The summed E-state index contributed by atoms with van der Waals surface area (Å²) >= 11 is 0. The predicted octanol–water partition coefficient (Wildman–Crippen LogP) is 6.76. The molecule has 0 aromatic heterocycles. The Labute approximate surface area is 208 Å². The summed E-state index contributed by atoms with van der Waals surface area (Å²) in [6, 6.07) is 41.7. The Kier molecular flexibility index (Phi) is 7.69. The molecule has 1 fully saturated rings. The first-order valence-corrected chi connectivity index (χ1v) is 12.4. The van der Waals surface area contributed by atoms with Gasteiger partial charge in [0.1, 0.15) is 11.7 Å². The highest BCUT2D eigenvalue weighted by molar-refractivity contribution is 5.47.